The van der Waals surface area contributed by atoms with Crippen molar-refractivity contribution in [2.24, 2.45) is 0 Å². The van der Waals surface area contributed by atoms with E-state index in [4.69, 9.17) is 0 Å². The van der Waals surface area contributed by atoms with Gasteiger partial charge in [-0.2, -0.15) is 0 Å². The van der Waals surface area contributed by atoms with Crippen molar-refractivity contribution in [1.82, 2.24) is 0 Å². The zero-order valence-electron chi connectivity index (χ0n) is 7.14. The molecule has 0 amide bonds. The quantitative estimate of drug-likeness (QED) is 0.671. The molecule has 2 rings (SSSR count). The van der Waals surface area contributed by atoms with E-state index in [0.29, 0.717) is 6.29 Å². The fourth-order valence-corrected chi connectivity index (χ4v) is 1.48. The Morgan fingerprint density at radius 2 is 2.00 bits per heavy atom. The first-order valence-electron chi connectivity index (χ1n) is 4.16. The van der Waals surface area contributed by atoms with Gasteiger partial charge in [0.15, 0.2) is 0 Å². The molecular weight excluding hydrogens is 193 g/mol. The molecule has 1 aromatic rings. The van der Waals surface area contributed by atoms with Gasteiger partial charge in [0.05, 0.1) is 5.92 Å². The van der Waals surface area contributed by atoms with Gasteiger partial charge < -0.3 is 0 Å². The highest BCUT2D eigenvalue weighted by molar-refractivity contribution is 5.75. The summed E-state index contributed by atoms with van der Waals surface area (Å²) in [5, 5.41) is 0. The molecule has 1 unspecified atom stereocenters. The normalized spacial score (nSPS) is 23.2. The van der Waals surface area contributed by atoms with Gasteiger partial charge in [-0.3, -0.25) is 4.79 Å². The number of halogens is 3. The van der Waals surface area contributed by atoms with Crippen LogP contribution >= 0.6 is 0 Å². The van der Waals surface area contributed by atoms with Crippen molar-refractivity contribution < 1.29 is 18.0 Å². The summed E-state index contributed by atoms with van der Waals surface area (Å²) >= 11 is 0. The third-order valence-corrected chi connectivity index (χ3v) is 2.31. The lowest BCUT2D eigenvalue weighted by molar-refractivity contribution is 0.110. The molecule has 1 aromatic carbocycles. The molecule has 0 aliphatic heterocycles. The van der Waals surface area contributed by atoms with Crippen molar-refractivity contribution in [3.8, 4) is 0 Å². The number of hydrogen-bond donors (Lipinski definition) is 0. The Kier molecular flexibility index (Phi) is 1.87. The number of carbonyl (C=O) groups excluding carboxylic acids is 1. The summed E-state index contributed by atoms with van der Waals surface area (Å²) < 4.78 is 38.1. The number of carbonyl (C=O) groups is 1. The summed E-state index contributed by atoms with van der Waals surface area (Å²) in [5.41, 5.74) is 0.305. The minimum atomic E-state index is -2.73. The van der Waals surface area contributed by atoms with Crippen molar-refractivity contribution in [3.63, 3.8) is 0 Å². The van der Waals surface area contributed by atoms with E-state index < -0.39 is 17.7 Å². The molecule has 1 nitrogen and oxygen atoms in total. The second-order valence-corrected chi connectivity index (χ2v) is 3.45. The Bertz CT molecular complexity index is 387. The second kappa shape index (κ2) is 2.83. The van der Waals surface area contributed by atoms with Crippen LogP contribution in [0.2, 0.25) is 0 Å². The molecule has 1 atom stereocenters. The maximum absolute atomic E-state index is 12.9. The van der Waals surface area contributed by atoms with Crippen LogP contribution in [0.3, 0.4) is 0 Å². The van der Waals surface area contributed by atoms with Crippen LogP contribution in [0.15, 0.2) is 18.2 Å². The predicted molar refractivity (Wildman–Crippen MR) is 44.1 cm³/mol. The van der Waals surface area contributed by atoms with Gasteiger partial charge in [-0.25, -0.2) is 13.2 Å². The van der Waals surface area contributed by atoms with E-state index in [-0.39, 0.29) is 17.5 Å². The van der Waals surface area contributed by atoms with Gasteiger partial charge in [-0.15, -0.1) is 0 Å². The third kappa shape index (κ3) is 1.52. The van der Waals surface area contributed by atoms with Crippen molar-refractivity contribution >= 4 is 6.29 Å². The first-order chi connectivity index (χ1) is 6.53. The molecule has 1 aliphatic carbocycles. The average molecular weight is 200 g/mol. The minimum Gasteiger partial charge on any atom is -0.298 e. The van der Waals surface area contributed by atoms with Crippen molar-refractivity contribution in [1.29, 1.82) is 0 Å². The van der Waals surface area contributed by atoms with E-state index in [0.717, 1.165) is 12.1 Å². The Hall–Kier alpha value is -1.32. The van der Waals surface area contributed by atoms with Crippen LogP contribution < -0.4 is 0 Å². The van der Waals surface area contributed by atoms with Crippen LogP contribution in [0.5, 0.6) is 0 Å². The molecule has 0 heterocycles. The van der Waals surface area contributed by atoms with Gasteiger partial charge >= 0.3 is 0 Å². The molecule has 0 radical (unpaired) electrons. The van der Waals surface area contributed by atoms with Crippen LogP contribution in [0.1, 0.15) is 28.3 Å². The SMILES string of the molecule is O=Cc1cc(F)cc(C2CC2(F)F)c1. The summed E-state index contributed by atoms with van der Waals surface area (Å²) in [6.45, 7) is 0. The Morgan fingerprint density at radius 1 is 1.36 bits per heavy atom. The standard InChI is InChI=1S/C10H7F3O/c11-8-2-6(5-14)1-7(3-8)9-4-10(9,12)13/h1-3,5,9H,4H2. The molecular formula is C10H7F3O. The Labute approximate surface area is 78.5 Å². The zero-order valence-corrected chi connectivity index (χ0v) is 7.14. The molecule has 0 bridgehead atoms. The van der Waals surface area contributed by atoms with E-state index >= 15 is 0 Å². The lowest BCUT2D eigenvalue weighted by Crippen LogP contribution is -1.95. The maximum Gasteiger partial charge on any atom is 0.255 e. The highest BCUT2D eigenvalue weighted by Crippen LogP contribution is 2.55. The number of alkyl halides is 2. The largest absolute Gasteiger partial charge is 0.298 e. The molecule has 74 valence electrons. The molecule has 4 heteroatoms. The average Bonchev–Trinajstić information content (AvgIpc) is 2.74. The van der Waals surface area contributed by atoms with Crippen molar-refractivity contribution in [2.45, 2.75) is 18.3 Å². The number of aldehydes is 1. The zero-order chi connectivity index (χ0) is 10.3. The number of benzene rings is 1. The van der Waals surface area contributed by atoms with Gasteiger partial charge in [0.25, 0.3) is 5.92 Å². The molecule has 1 aliphatic rings. The van der Waals surface area contributed by atoms with Crippen molar-refractivity contribution in [2.75, 3.05) is 0 Å². The summed E-state index contributed by atoms with van der Waals surface area (Å²) in [7, 11) is 0. The summed E-state index contributed by atoms with van der Waals surface area (Å²) in [6.07, 6.45) is 0.196. The monoisotopic (exact) mass is 200 g/mol. The second-order valence-electron chi connectivity index (χ2n) is 3.45. The van der Waals surface area contributed by atoms with Crippen LogP contribution in [0.25, 0.3) is 0 Å². The summed E-state index contributed by atoms with van der Waals surface area (Å²) in [5.74, 6) is -4.29. The van der Waals surface area contributed by atoms with E-state index in [1.807, 2.05) is 0 Å². The fraction of sp³-hybridized carbons (Fsp3) is 0.300. The van der Waals surface area contributed by atoms with Crippen LogP contribution in [-0.4, -0.2) is 12.2 Å². The van der Waals surface area contributed by atoms with E-state index in [1.54, 1.807) is 0 Å². The highest BCUT2D eigenvalue weighted by Gasteiger charge is 2.57. The minimum absolute atomic E-state index is 0.0997. The van der Waals surface area contributed by atoms with Gasteiger partial charge in [-0.1, -0.05) is 0 Å². The third-order valence-electron chi connectivity index (χ3n) is 2.31. The van der Waals surface area contributed by atoms with Crippen LogP contribution in [0, 0.1) is 5.82 Å². The molecule has 0 aromatic heterocycles. The van der Waals surface area contributed by atoms with E-state index in [1.165, 1.54) is 6.07 Å². The summed E-state index contributed by atoms with van der Waals surface area (Å²) in [6, 6.07) is 3.39. The molecule has 0 spiro atoms. The molecule has 14 heavy (non-hydrogen) atoms. The van der Waals surface area contributed by atoms with Crippen LogP contribution in [0.4, 0.5) is 13.2 Å². The van der Waals surface area contributed by atoms with E-state index in [2.05, 4.69) is 0 Å². The molecule has 1 saturated carbocycles. The lowest BCUT2D eigenvalue weighted by atomic mass is 10.1. The van der Waals surface area contributed by atoms with Crippen molar-refractivity contribution in [3.05, 3.63) is 35.1 Å². The molecule has 1 fully saturated rings. The van der Waals surface area contributed by atoms with Crippen LogP contribution in [-0.2, 0) is 0 Å². The predicted octanol–water partition coefficient (Wildman–Crippen LogP) is 2.76. The van der Waals surface area contributed by atoms with Gasteiger partial charge in [0, 0.05) is 12.0 Å². The lowest BCUT2D eigenvalue weighted by Gasteiger charge is -2.00. The van der Waals surface area contributed by atoms with Gasteiger partial charge in [0.2, 0.25) is 0 Å². The maximum atomic E-state index is 12.9. The Morgan fingerprint density at radius 3 is 2.50 bits per heavy atom. The topological polar surface area (TPSA) is 17.1 Å². The first-order valence-corrected chi connectivity index (χ1v) is 4.16. The number of hydrogen-bond acceptors (Lipinski definition) is 1. The first kappa shape index (κ1) is 9.24. The smallest absolute Gasteiger partial charge is 0.255 e. The number of rotatable bonds is 2. The van der Waals surface area contributed by atoms with E-state index in [9.17, 15) is 18.0 Å². The highest BCUT2D eigenvalue weighted by atomic mass is 19.3. The van der Waals surface area contributed by atoms with Gasteiger partial charge in [0.1, 0.15) is 12.1 Å². The summed E-state index contributed by atoms with van der Waals surface area (Å²) in [4.78, 5) is 10.4. The Balaban J connectivity index is 2.35. The molecule has 0 N–H and O–H groups in total. The molecule has 0 saturated heterocycles. The fourth-order valence-electron chi connectivity index (χ4n) is 1.48. The van der Waals surface area contributed by atoms with Gasteiger partial charge in [-0.05, 0) is 23.8 Å².